The molecule has 0 radical (unpaired) electrons. The number of aromatic nitrogens is 2. The minimum Gasteiger partial charge on any atom is -0.345 e. The first-order valence-electron chi connectivity index (χ1n) is 8.13. The summed E-state index contributed by atoms with van der Waals surface area (Å²) in [6.07, 6.45) is 3.99. The predicted molar refractivity (Wildman–Crippen MR) is 103 cm³/mol. The standard InChI is InChI=1S/C18H20N4S2/c1-23-15-5-6-16-17(12-15)24-18(20-16)22-10-8-21(9-11-22)13-14-4-2-3-7-19-14/h2-7,12H,8-11,13H2,1H3. The molecule has 1 aliphatic rings. The highest BCUT2D eigenvalue weighted by Crippen LogP contribution is 2.32. The molecule has 0 bridgehead atoms. The van der Waals surface area contributed by atoms with Crippen LogP contribution in [-0.4, -0.2) is 47.3 Å². The molecular formula is C18H20N4S2. The van der Waals surface area contributed by atoms with Crippen LogP contribution < -0.4 is 4.90 Å². The van der Waals surface area contributed by atoms with Crippen molar-refractivity contribution in [2.45, 2.75) is 11.4 Å². The number of thioether (sulfide) groups is 1. The second-order valence-electron chi connectivity index (χ2n) is 5.91. The minimum absolute atomic E-state index is 0.936. The molecule has 2 aromatic heterocycles. The van der Waals surface area contributed by atoms with E-state index in [4.69, 9.17) is 4.98 Å². The molecule has 0 spiro atoms. The van der Waals surface area contributed by atoms with E-state index in [1.165, 1.54) is 9.60 Å². The molecule has 3 aromatic rings. The van der Waals surface area contributed by atoms with Gasteiger partial charge in [-0.05, 0) is 36.6 Å². The lowest BCUT2D eigenvalue weighted by Gasteiger charge is -2.34. The van der Waals surface area contributed by atoms with Crippen LogP contribution in [0.5, 0.6) is 0 Å². The van der Waals surface area contributed by atoms with Gasteiger partial charge in [-0.2, -0.15) is 0 Å². The average Bonchev–Trinajstić information content (AvgIpc) is 3.06. The average molecular weight is 357 g/mol. The van der Waals surface area contributed by atoms with E-state index in [2.05, 4.69) is 51.4 Å². The number of rotatable bonds is 4. The lowest BCUT2D eigenvalue weighted by molar-refractivity contribution is 0.247. The van der Waals surface area contributed by atoms with Crippen LogP contribution in [0.2, 0.25) is 0 Å². The molecule has 0 atom stereocenters. The Bertz CT molecular complexity index is 810. The normalized spacial score (nSPS) is 16.0. The number of nitrogens with zero attached hydrogens (tertiary/aromatic N) is 4. The van der Waals surface area contributed by atoms with Gasteiger partial charge in [0, 0.05) is 43.8 Å². The van der Waals surface area contributed by atoms with Crippen LogP contribution in [0, 0.1) is 0 Å². The summed E-state index contributed by atoms with van der Waals surface area (Å²) >= 11 is 3.59. The highest BCUT2D eigenvalue weighted by molar-refractivity contribution is 7.98. The summed E-state index contributed by atoms with van der Waals surface area (Å²) in [6.45, 7) is 5.11. The topological polar surface area (TPSA) is 32.3 Å². The van der Waals surface area contributed by atoms with Gasteiger partial charge >= 0.3 is 0 Å². The van der Waals surface area contributed by atoms with Crippen molar-refractivity contribution in [1.82, 2.24) is 14.9 Å². The van der Waals surface area contributed by atoms with Crippen LogP contribution in [0.15, 0.2) is 47.5 Å². The fourth-order valence-electron chi connectivity index (χ4n) is 2.97. The summed E-state index contributed by atoms with van der Waals surface area (Å²) in [5, 5.41) is 1.15. The summed E-state index contributed by atoms with van der Waals surface area (Å²) in [5.41, 5.74) is 2.26. The Kier molecular flexibility index (Phi) is 4.69. The Morgan fingerprint density at radius 1 is 1.12 bits per heavy atom. The van der Waals surface area contributed by atoms with E-state index in [-0.39, 0.29) is 0 Å². The second kappa shape index (κ2) is 7.09. The van der Waals surface area contributed by atoms with Gasteiger partial charge in [-0.25, -0.2) is 4.98 Å². The van der Waals surface area contributed by atoms with Gasteiger partial charge in [0.2, 0.25) is 0 Å². The molecule has 124 valence electrons. The van der Waals surface area contributed by atoms with Crippen LogP contribution in [0.25, 0.3) is 10.2 Å². The fraction of sp³-hybridized carbons (Fsp3) is 0.333. The molecule has 0 amide bonds. The minimum atomic E-state index is 0.936. The van der Waals surface area contributed by atoms with Crippen molar-refractivity contribution in [3.8, 4) is 0 Å². The van der Waals surface area contributed by atoms with E-state index in [1.54, 1.807) is 11.8 Å². The maximum atomic E-state index is 4.83. The monoisotopic (exact) mass is 356 g/mol. The number of hydrogen-bond acceptors (Lipinski definition) is 6. The Balaban J connectivity index is 1.42. The van der Waals surface area contributed by atoms with Crippen molar-refractivity contribution in [3.05, 3.63) is 48.3 Å². The maximum Gasteiger partial charge on any atom is 0.186 e. The molecule has 1 aromatic carbocycles. The van der Waals surface area contributed by atoms with Crippen LogP contribution in [0.1, 0.15) is 5.69 Å². The van der Waals surface area contributed by atoms with E-state index in [9.17, 15) is 0 Å². The van der Waals surface area contributed by atoms with Crippen molar-refractivity contribution in [2.75, 3.05) is 37.3 Å². The predicted octanol–water partition coefficient (Wildman–Crippen LogP) is 3.74. The van der Waals surface area contributed by atoms with Crippen LogP contribution in [0.3, 0.4) is 0 Å². The fourth-order valence-corrected chi connectivity index (χ4v) is 4.54. The van der Waals surface area contributed by atoms with Crippen molar-refractivity contribution in [1.29, 1.82) is 0 Å². The van der Waals surface area contributed by atoms with Gasteiger partial charge in [-0.1, -0.05) is 17.4 Å². The molecule has 24 heavy (non-hydrogen) atoms. The molecule has 6 heteroatoms. The molecule has 1 saturated heterocycles. The number of pyridine rings is 1. The lowest BCUT2D eigenvalue weighted by Crippen LogP contribution is -2.46. The highest BCUT2D eigenvalue weighted by Gasteiger charge is 2.20. The third-order valence-corrected chi connectivity index (χ3v) is 6.14. The third-order valence-electron chi connectivity index (χ3n) is 4.34. The van der Waals surface area contributed by atoms with E-state index in [1.807, 2.05) is 23.6 Å². The zero-order chi connectivity index (χ0) is 16.4. The third kappa shape index (κ3) is 3.41. The van der Waals surface area contributed by atoms with Crippen LogP contribution in [-0.2, 0) is 6.54 Å². The van der Waals surface area contributed by atoms with Crippen LogP contribution >= 0.6 is 23.1 Å². The van der Waals surface area contributed by atoms with Gasteiger partial charge < -0.3 is 4.90 Å². The van der Waals surface area contributed by atoms with Gasteiger partial charge in [0.1, 0.15) is 0 Å². The molecule has 1 fully saturated rings. The van der Waals surface area contributed by atoms with Gasteiger partial charge in [0.15, 0.2) is 5.13 Å². The Morgan fingerprint density at radius 2 is 2.00 bits per heavy atom. The first kappa shape index (κ1) is 15.9. The number of piperazine rings is 1. The SMILES string of the molecule is CSc1ccc2nc(N3CCN(Cc4ccccn4)CC3)sc2c1. The first-order valence-corrected chi connectivity index (χ1v) is 10.2. The molecular weight excluding hydrogens is 336 g/mol. The van der Waals surface area contributed by atoms with Crippen molar-refractivity contribution >= 4 is 38.4 Å². The zero-order valence-electron chi connectivity index (χ0n) is 13.7. The molecule has 4 rings (SSSR count). The number of anilines is 1. The molecule has 0 saturated carbocycles. The number of hydrogen-bond donors (Lipinski definition) is 0. The molecule has 0 unspecified atom stereocenters. The van der Waals surface area contributed by atoms with Crippen molar-refractivity contribution in [2.24, 2.45) is 0 Å². The Morgan fingerprint density at radius 3 is 2.75 bits per heavy atom. The Hall–Kier alpha value is -1.63. The Labute approximate surface area is 150 Å². The van der Waals surface area contributed by atoms with E-state index in [0.717, 1.165) is 49.1 Å². The maximum absolute atomic E-state index is 4.83. The highest BCUT2D eigenvalue weighted by atomic mass is 32.2. The summed E-state index contributed by atoms with van der Waals surface area (Å²) in [5.74, 6) is 0. The molecule has 0 N–H and O–H groups in total. The van der Waals surface area contributed by atoms with Gasteiger partial charge in [-0.15, -0.1) is 11.8 Å². The molecule has 4 nitrogen and oxygen atoms in total. The quantitative estimate of drug-likeness (QED) is 0.665. The summed E-state index contributed by atoms with van der Waals surface area (Å²) in [6, 6.07) is 12.7. The van der Waals surface area contributed by atoms with Crippen molar-refractivity contribution < 1.29 is 0 Å². The number of thiazole rings is 1. The van der Waals surface area contributed by atoms with Crippen molar-refractivity contribution in [3.63, 3.8) is 0 Å². The first-order chi connectivity index (χ1) is 11.8. The van der Waals surface area contributed by atoms with Gasteiger partial charge in [0.25, 0.3) is 0 Å². The van der Waals surface area contributed by atoms with Crippen LogP contribution in [0.4, 0.5) is 5.13 Å². The zero-order valence-corrected chi connectivity index (χ0v) is 15.3. The van der Waals surface area contributed by atoms with E-state index in [0.29, 0.717) is 0 Å². The smallest absolute Gasteiger partial charge is 0.186 e. The van der Waals surface area contributed by atoms with Gasteiger partial charge in [-0.3, -0.25) is 9.88 Å². The number of benzene rings is 1. The summed E-state index contributed by atoms with van der Waals surface area (Å²) in [7, 11) is 0. The summed E-state index contributed by atoms with van der Waals surface area (Å²) in [4.78, 5) is 15.4. The van der Waals surface area contributed by atoms with Gasteiger partial charge in [0.05, 0.1) is 15.9 Å². The van der Waals surface area contributed by atoms with E-state index < -0.39 is 0 Å². The molecule has 3 heterocycles. The molecule has 1 aliphatic heterocycles. The lowest BCUT2D eigenvalue weighted by atomic mass is 10.3. The second-order valence-corrected chi connectivity index (χ2v) is 7.80. The largest absolute Gasteiger partial charge is 0.345 e. The molecule has 0 aliphatic carbocycles. The summed E-state index contributed by atoms with van der Waals surface area (Å²) < 4.78 is 1.28. The number of fused-ring (bicyclic) bond motifs is 1. The van der Waals surface area contributed by atoms with E-state index >= 15 is 0 Å².